The number of nitrogens with one attached hydrogen (secondary N) is 3. The van der Waals surface area contributed by atoms with Crippen LogP contribution < -0.4 is 15.6 Å². The Morgan fingerprint density at radius 1 is 1.21 bits per heavy atom. The van der Waals surface area contributed by atoms with Crippen molar-refractivity contribution in [1.82, 2.24) is 25.4 Å². The largest absolute Gasteiger partial charge is 0.352 e. The van der Waals surface area contributed by atoms with Gasteiger partial charge in [0.15, 0.2) is 0 Å². The van der Waals surface area contributed by atoms with Crippen molar-refractivity contribution in [3.63, 3.8) is 0 Å². The summed E-state index contributed by atoms with van der Waals surface area (Å²) in [6.45, 7) is 3.81. The zero-order valence-electron chi connectivity index (χ0n) is 17.1. The van der Waals surface area contributed by atoms with Crippen LogP contribution >= 0.6 is 22.6 Å². The van der Waals surface area contributed by atoms with Crippen LogP contribution in [-0.4, -0.2) is 36.6 Å². The number of halogens is 2. The van der Waals surface area contributed by atoms with Crippen LogP contribution in [-0.2, 0) is 21.2 Å². The minimum Gasteiger partial charge on any atom is -0.352 e. The Morgan fingerprint density at radius 3 is 2.70 bits per heavy atom. The molecule has 0 aliphatic heterocycles. The van der Waals surface area contributed by atoms with E-state index in [0.717, 1.165) is 17.7 Å². The number of carbonyl (C=O) groups is 2. The van der Waals surface area contributed by atoms with Gasteiger partial charge in [0.1, 0.15) is 10.7 Å². The highest BCUT2D eigenvalue weighted by Gasteiger charge is 2.20. The standard InChI is InChI=1S/C21H19FIN5O4S/c1-2-20(29)24-8-7-14-12-25-28(13-14)17-10-15(9-16(23)11-17)21(30)26-27-33(31,32)19-6-4-3-5-18(19)22/h2-6,9-13,27H,1,7-8H2,(H,24,29)(H,26,30). The smallest absolute Gasteiger partial charge is 0.266 e. The van der Waals surface area contributed by atoms with Gasteiger partial charge in [-0.05, 0) is 71.0 Å². The van der Waals surface area contributed by atoms with Gasteiger partial charge in [-0.2, -0.15) is 5.10 Å². The summed E-state index contributed by atoms with van der Waals surface area (Å²) in [7, 11) is -4.29. The van der Waals surface area contributed by atoms with E-state index < -0.39 is 26.6 Å². The molecule has 1 heterocycles. The molecule has 0 bridgehead atoms. The van der Waals surface area contributed by atoms with E-state index in [2.05, 4.69) is 22.4 Å². The van der Waals surface area contributed by atoms with Gasteiger partial charge in [-0.25, -0.2) is 17.5 Å². The molecule has 172 valence electrons. The number of hydrazine groups is 1. The Morgan fingerprint density at radius 2 is 1.97 bits per heavy atom. The maximum Gasteiger partial charge on any atom is 0.266 e. The summed E-state index contributed by atoms with van der Waals surface area (Å²) in [6.07, 6.45) is 5.14. The maximum atomic E-state index is 13.8. The second kappa shape index (κ2) is 10.7. The number of sulfonamides is 1. The topological polar surface area (TPSA) is 122 Å². The molecule has 2 amide bonds. The molecule has 3 rings (SSSR count). The fourth-order valence-electron chi connectivity index (χ4n) is 2.77. The van der Waals surface area contributed by atoms with Gasteiger partial charge in [-0.3, -0.25) is 15.0 Å². The quantitative estimate of drug-likeness (QED) is 0.202. The number of benzene rings is 2. The summed E-state index contributed by atoms with van der Waals surface area (Å²) in [4.78, 5) is 25.1. The molecule has 0 atom stereocenters. The number of amides is 2. The minimum atomic E-state index is -4.29. The molecule has 0 unspecified atom stereocenters. The zero-order valence-corrected chi connectivity index (χ0v) is 20.1. The van der Waals surface area contributed by atoms with Crippen LogP contribution in [0.3, 0.4) is 0 Å². The summed E-state index contributed by atoms with van der Waals surface area (Å²) in [5.41, 5.74) is 3.70. The highest BCUT2D eigenvalue weighted by molar-refractivity contribution is 14.1. The highest BCUT2D eigenvalue weighted by atomic mass is 127. The predicted octanol–water partition coefficient (Wildman–Crippen LogP) is 2.08. The maximum absolute atomic E-state index is 13.8. The van der Waals surface area contributed by atoms with Crippen molar-refractivity contribution >= 4 is 44.4 Å². The summed E-state index contributed by atoms with van der Waals surface area (Å²) < 4.78 is 40.6. The van der Waals surface area contributed by atoms with Gasteiger partial charge in [-0.1, -0.05) is 18.7 Å². The van der Waals surface area contributed by atoms with Crippen LogP contribution in [0.1, 0.15) is 15.9 Å². The van der Waals surface area contributed by atoms with E-state index >= 15 is 0 Å². The number of hydrogen-bond acceptors (Lipinski definition) is 5. The van der Waals surface area contributed by atoms with Crippen molar-refractivity contribution in [2.75, 3.05) is 6.54 Å². The average molecular weight is 583 g/mol. The minimum absolute atomic E-state index is 0.170. The molecule has 33 heavy (non-hydrogen) atoms. The fraction of sp³-hybridized carbons (Fsp3) is 0.0952. The number of rotatable bonds is 9. The van der Waals surface area contributed by atoms with Crippen molar-refractivity contribution in [2.45, 2.75) is 11.3 Å². The lowest BCUT2D eigenvalue weighted by Gasteiger charge is -2.10. The fourth-order valence-corrected chi connectivity index (χ4v) is 4.35. The summed E-state index contributed by atoms with van der Waals surface area (Å²) in [6, 6.07) is 9.71. The molecule has 2 aromatic carbocycles. The highest BCUT2D eigenvalue weighted by Crippen LogP contribution is 2.17. The SMILES string of the molecule is C=CC(=O)NCCc1cnn(-c2cc(I)cc(C(=O)NNS(=O)(=O)c3ccccc3F)c2)c1. The number of nitrogens with zero attached hydrogens (tertiary/aromatic N) is 2. The first kappa shape index (κ1) is 24.5. The Labute approximate surface area is 203 Å². The molecular weight excluding hydrogens is 564 g/mol. The molecule has 3 aromatic rings. The van der Waals surface area contributed by atoms with Crippen molar-refractivity contribution in [1.29, 1.82) is 0 Å². The van der Waals surface area contributed by atoms with Crippen LogP contribution in [0.15, 0.2) is 72.4 Å². The van der Waals surface area contributed by atoms with E-state index in [1.807, 2.05) is 27.4 Å². The van der Waals surface area contributed by atoms with E-state index in [9.17, 15) is 22.4 Å². The van der Waals surface area contributed by atoms with E-state index in [0.29, 0.717) is 22.2 Å². The van der Waals surface area contributed by atoms with Crippen LogP contribution in [0.25, 0.3) is 5.69 Å². The third-order valence-electron chi connectivity index (χ3n) is 4.37. The van der Waals surface area contributed by atoms with Gasteiger partial charge >= 0.3 is 0 Å². The third kappa shape index (κ3) is 6.46. The number of carbonyl (C=O) groups excluding carboxylic acids is 2. The van der Waals surface area contributed by atoms with Gasteiger partial charge in [0.25, 0.3) is 15.9 Å². The van der Waals surface area contributed by atoms with Crippen molar-refractivity contribution < 1.29 is 22.4 Å². The van der Waals surface area contributed by atoms with Gasteiger partial charge in [0.05, 0.1) is 11.9 Å². The monoisotopic (exact) mass is 583 g/mol. The van der Waals surface area contributed by atoms with Gasteiger partial charge in [0, 0.05) is 21.9 Å². The Kier molecular flexibility index (Phi) is 7.94. The van der Waals surface area contributed by atoms with Crippen molar-refractivity contribution in [3.05, 3.63) is 88.0 Å². The first-order chi connectivity index (χ1) is 15.7. The predicted molar refractivity (Wildman–Crippen MR) is 127 cm³/mol. The van der Waals surface area contributed by atoms with Crippen LogP contribution in [0.5, 0.6) is 0 Å². The van der Waals surface area contributed by atoms with Gasteiger partial charge in [-0.15, -0.1) is 4.83 Å². The van der Waals surface area contributed by atoms with Gasteiger partial charge in [0.2, 0.25) is 5.91 Å². The molecule has 0 saturated heterocycles. The van der Waals surface area contributed by atoms with E-state index in [-0.39, 0.29) is 11.5 Å². The second-order valence-corrected chi connectivity index (χ2v) is 9.62. The molecule has 0 spiro atoms. The average Bonchev–Trinajstić information content (AvgIpc) is 3.26. The molecule has 12 heteroatoms. The Bertz CT molecular complexity index is 1310. The summed E-state index contributed by atoms with van der Waals surface area (Å²) in [5.74, 6) is -1.93. The molecule has 3 N–H and O–H groups in total. The summed E-state index contributed by atoms with van der Waals surface area (Å²) >= 11 is 2.02. The van der Waals surface area contributed by atoms with E-state index in [1.54, 1.807) is 29.2 Å². The zero-order chi connectivity index (χ0) is 24.0. The molecule has 9 nitrogen and oxygen atoms in total. The number of aromatic nitrogens is 2. The van der Waals surface area contributed by atoms with E-state index in [1.165, 1.54) is 24.3 Å². The first-order valence-electron chi connectivity index (χ1n) is 9.51. The molecule has 0 saturated carbocycles. The normalized spacial score (nSPS) is 11.1. The second-order valence-electron chi connectivity index (χ2n) is 6.73. The van der Waals surface area contributed by atoms with Crippen LogP contribution in [0.2, 0.25) is 0 Å². The molecule has 0 aliphatic carbocycles. The molecule has 0 fully saturated rings. The van der Waals surface area contributed by atoms with Gasteiger partial charge < -0.3 is 5.32 Å². The lowest BCUT2D eigenvalue weighted by atomic mass is 10.2. The van der Waals surface area contributed by atoms with Crippen molar-refractivity contribution in [2.24, 2.45) is 0 Å². The lowest BCUT2D eigenvalue weighted by Crippen LogP contribution is -2.41. The van der Waals surface area contributed by atoms with Crippen LogP contribution in [0.4, 0.5) is 4.39 Å². The Hall–Kier alpha value is -3.10. The lowest BCUT2D eigenvalue weighted by molar-refractivity contribution is -0.116. The third-order valence-corrected chi connectivity index (χ3v) is 6.27. The van der Waals surface area contributed by atoms with E-state index in [4.69, 9.17) is 0 Å². The Balaban J connectivity index is 1.71. The molecule has 0 radical (unpaired) electrons. The first-order valence-corrected chi connectivity index (χ1v) is 12.1. The van der Waals surface area contributed by atoms with Crippen LogP contribution in [0, 0.1) is 9.39 Å². The number of hydrogen-bond donors (Lipinski definition) is 3. The van der Waals surface area contributed by atoms with Crippen molar-refractivity contribution in [3.8, 4) is 5.69 Å². The summed E-state index contributed by atoms with van der Waals surface area (Å²) in [5, 5.41) is 6.95. The molecular formula is C21H19FIN5O4S. The molecule has 1 aromatic heterocycles. The molecule has 0 aliphatic rings.